The maximum absolute atomic E-state index is 11.7. The zero-order valence-corrected chi connectivity index (χ0v) is 11.7. The van der Waals surface area contributed by atoms with Crippen molar-refractivity contribution in [3.05, 3.63) is 29.3 Å². The van der Waals surface area contributed by atoms with E-state index in [1.807, 2.05) is 18.2 Å². The van der Waals surface area contributed by atoms with E-state index in [4.69, 9.17) is 4.74 Å². The molecule has 0 bridgehead atoms. The fourth-order valence-corrected chi connectivity index (χ4v) is 2.14. The molecule has 1 aromatic carbocycles. The summed E-state index contributed by atoms with van der Waals surface area (Å²) in [6.45, 7) is 6.42. The molecular weight excluding hydrogens is 240 g/mol. The molecule has 19 heavy (non-hydrogen) atoms. The first-order chi connectivity index (χ1) is 9.15. The van der Waals surface area contributed by atoms with Gasteiger partial charge in [-0.3, -0.25) is 4.79 Å². The third-order valence-corrected chi connectivity index (χ3v) is 3.50. The van der Waals surface area contributed by atoms with E-state index < -0.39 is 0 Å². The van der Waals surface area contributed by atoms with Crippen LogP contribution in [-0.2, 0) is 4.79 Å². The van der Waals surface area contributed by atoms with E-state index in [1.165, 1.54) is 11.1 Å². The average Bonchev–Trinajstić information content (AvgIpc) is 2.86. The highest BCUT2D eigenvalue weighted by atomic mass is 16.5. The lowest BCUT2D eigenvalue weighted by atomic mass is 10.1. The SMILES string of the molecule is Cc1ccc(OCCC(=O)NC2CCNC2)cc1C. The van der Waals surface area contributed by atoms with Gasteiger partial charge in [-0.2, -0.15) is 0 Å². The first kappa shape index (κ1) is 13.9. The van der Waals surface area contributed by atoms with E-state index in [2.05, 4.69) is 24.5 Å². The number of hydrogen-bond donors (Lipinski definition) is 2. The summed E-state index contributed by atoms with van der Waals surface area (Å²) in [4.78, 5) is 11.7. The second-order valence-corrected chi connectivity index (χ2v) is 5.10. The zero-order chi connectivity index (χ0) is 13.7. The van der Waals surface area contributed by atoms with Crippen LogP contribution in [0.1, 0.15) is 24.0 Å². The summed E-state index contributed by atoms with van der Waals surface area (Å²) >= 11 is 0. The Labute approximate surface area is 114 Å². The lowest BCUT2D eigenvalue weighted by Gasteiger charge is -2.12. The van der Waals surface area contributed by atoms with Gasteiger partial charge >= 0.3 is 0 Å². The molecule has 1 heterocycles. The van der Waals surface area contributed by atoms with Crippen LogP contribution in [0.3, 0.4) is 0 Å². The average molecular weight is 262 g/mol. The van der Waals surface area contributed by atoms with Gasteiger partial charge in [0, 0.05) is 12.6 Å². The van der Waals surface area contributed by atoms with Crippen LogP contribution in [0.5, 0.6) is 5.75 Å². The van der Waals surface area contributed by atoms with Gasteiger partial charge in [-0.1, -0.05) is 6.07 Å². The minimum absolute atomic E-state index is 0.0672. The van der Waals surface area contributed by atoms with Crippen LogP contribution in [0.15, 0.2) is 18.2 Å². The highest BCUT2D eigenvalue weighted by molar-refractivity contribution is 5.76. The molecule has 4 nitrogen and oxygen atoms in total. The van der Waals surface area contributed by atoms with Gasteiger partial charge in [0.1, 0.15) is 5.75 Å². The zero-order valence-electron chi connectivity index (χ0n) is 11.7. The van der Waals surface area contributed by atoms with E-state index in [0.717, 1.165) is 25.3 Å². The first-order valence-corrected chi connectivity index (χ1v) is 6.85. The Morgan fingerprint density at radius 3 is 2.95 bits per heavy atom. The predicted molar refractivity (Wildman–Crippen MR) is 75.4 cm³/mol. The van der Waals surface area contributed by atoms with Gasteiger partial charge in [-0.05, 0) is 50.1 Å². The molecule has 2 rings (SSSR count). The number of hydrogen-bond acceptors (Lipinski definition) is 3. The fraction of sp³-hybridized carbons (Fsp3) is 0.533. The molecule has 1 fully saturated rings. The Morgan fingerprint density at radius 1 is 1.42 bits per heavy atom. The summed E-state index contributed by atoms with van der Waals surface area (Å²) in [7, 11) is 0. The number of ether oxygens (including phenoxy) is 1. The van der Waals surface area contributed by atoms with E-state index in [0.29, 0.717) is 13.0 Å². The van der Waals surface area contributed by atoms with Gasteiger partial charge in [0.05, 0.1) is 13.0 Å². The van der Waals surface area contributed by atoms with Crippen LogP contribution >= 0.6 is 0 Å². The molecule has 104 valence electrons. The topological polar surface area (TPSA) is 50.4 Å². The van der Waals surface area contributed by atoms with Crippen LogP contribution in [-0.4, -0.2) is 31.6 Å². The number of carbonyl (C=O) groups is 1. The summed E-state index contributed by atoms with van der Waals surface area (Å²) in [6, 6.07) is 6.28. The molecule has 4 heteroatoms. The number of carbonyl (C=O) groups excluding carboxylic acids is 1. The summed E-state index contributed by atoms with van der Waals surface area (Å²) in [5, 5.41) is 6.23. The van der Waals surface area contributed by atoms with Crippen molar-refractivity contribution in [1.29, 1.82) is 0 Å². The monoisotopic (exact) mass is 262 g/mol. The van der Waals surface area contributed by atoms with Crippen LogP contribution in [0.25, 0.3) is 0 Å². The quantitative estimate of drug-likeness (QED) is 0.846. The molecule has 0 radical (unpaired) electrons. The Hall–Kier alpha value is -1.55. The maximum Gasteiger partial charge on any atom is 0.223 e. The first-order valence-electron chi connectivity index (χ1n) is 6.85. The van der Waals surface area contributed by atoms with Crippen molar-refractivity contribution in [1.82, 2.24) is 10.6 Å². The highest BCUT2D eigenvalue weighted by Crippen LogP contribution is 2.16. The number of amides is 1. The predicted octanol–water partition coefficient (Wildman–Crippen LogP) is 1.55. The van der Waals surface area contributed by atoms with Crippen LogP contribution in [0.4, 0.5) is 0 Å². The molecule has 0 aromatic heterocycles. The second-order valence-electron chi connectivity index (χ2n) is 5.10. The van der Waals surface area contributed by atoms with Gasteiger partial charge in [0.15, 0.2) is 0 Å². The molecule has 0 aliphatic carbocycles. The molecule has 0 spiro atoms. The van der Waals surface area contributed by atoms with Crippen molar-refractivity contribution < 1.29 is 9.53 Å². The third kappa shape index (κ3) is 4.24. The van der Waals surface area contributed by atoms with E-state index in [1.54, 1.807) is 0 Å². The molecule has 1 amide bonds. The molecule has 2 N–H and O–H groups in total. The Bertz CT molecular complexity index is 440. The number of rotatable bonds is 5. The van der Waals surface area contributed by atoms with Crippen LogP contribution in [0.2, 0.25) is 0 Å². The van der Waals surface area contributed by atoms with Crippen LogP contribution in [0, 0.1) is 13.8 Å². The lowest BCUT2D eigenvalue weighted by Crippen LogP contribution is -2.36. The van der Waals surface area contributed by atoms with E-state index in [9.17, 15) is 4.79 Å². The number of benzene rings is 1. The molecule has 0 saturated carbocycles. The highest BCUT2D eigenvalue weighted by Gasteiger charge is 2.16. The summed E-state index contributed by atoms with van der Waals surface area (Å²) in [5.74, 6) is 0.899. The minimum Gasteiger partial charge on any atom is -0.493 e. The van der Waals surface area contributed by atoms with Crippen molar-refractivity contribution in [3.8, 4) is 5.75 Å². The molecule has 1 saturated heterocycles. The standard InChI is InChI=1S/C15H22N2O2/c1-11-3-4-14(9-12(11)2)19-8-6-15(18)17-13-5-7-16-10-13/h3-4,9,13,16H,5-8,10H2,1-2H3,(H,17,18). The largest absolute Gasteiger partial charge is 0.493 e. The fourth-order valence-electron chi connectivity index (χ4n) is 2.14. The Balaban J connectivity index is 1.70. The smallest absolute Gasteiger partial charge is 0.223 e. The second kappa shape index (κ2) is 6.57. The lowest BCUT2D eigenvalue weighted by molar-refractivity contribution is -0.122. The molecule has 1 aromatic rings. The van der Waals surface area contributed by atoms with Crippen molar-refractivity contribution in [2.24, 2.45) is 0 Å². The summed E-state index contributed by atoms with van der Waals surface area (Å²) < 4.78 is 5.60. The molecule has 1 atom stereocenters. The van der Waals surface area contributed by atoms with E-state index in [-0.39, 0.29) is 11.9 Å². The summed E-state index contributed by atoms with van der Waals surface area (Å²) in [5.41, 5.74) is 2.46. The molecule has 1 aliphatic heterocycles. The van der Waals surface area contributed by atoms with Gasteiger partial charge in [-0.25, -0.2) is 0 Å². The molecule has 1 aliphatic rings. The van der Waals surface area contributed by atoms with Crippen molar-refractivity contribution in [2.75, 3.05) is 19.7 Å². The van der Waals surface area contributed by atoms with E-state index >= 15 is 0 Å². The minimum atomic E-state index is 0.0672. The summed E-state index contributed by atoms with van der Waals surface area (Å²) in [6.07, 6.45) is 1.42. The van der Waals surface area contributed by atoms with Gasteiger partial charge < -0.3 is 15.4 Å². The normalized spacial score (nSPS) is 18.3. The van der Waals surface area contributed by atoms with Crippen molar-refractivity contribution in [3.63, 3.8) is 0 Å². The van der Waals surface area contributed by atoms with Gasteiger partial charge in [0.2, 0.25) is 5.91 Å². The van der Waals surface area contributed by atoms with Crippen LogP contribution < -0.4 is 15.4 Å². The molecular formula is C15H22N2O2. The Kier molecular flexibility index (Phi) is 4.80. The maximum atomic E-state index is 11.7. The third-order valence-electron chi connectivity index (χ3n) is 3.50. The van der Waals surface area contributed by atoms with Crippen molar-refractivity contribution in [2.45, 2.75) is 32.7 Å². The van der Waals surface area contributed by atoms with Gasteiger partial charge in [-0.15, -0.1) is 0 Å². The van der Waals surface area contributed by atoms with Gasteiger partial charge in [0.25, 0.3) is 0 Å². The number of nitrogens with one attached hydrogen (secondary N) is 2. The number of aryl methyl sites for hydroxylation is 2. The Morgan fingerprint density at radius 2 is 2.26 bits per heavy atom. The van der Waals surface area contributed by atoms with Crippen molar-refractivity contribution >= 4 is 5.91 Å². The molecule has 1 unspecified atom stereocenters.